The van der Waals surface area contributed by atoms with Crippen LogP contribution in [0, 0.1) is 5.92 Å². The van der Waals surface area contributed by atoms with E-state index in [4.69, 9.17) is 9.47 Å². The van der Waals surface area contributed by atoms with E-state index in [1.807, 2.05) is 47.4 Å². The average Bonchev–Trinajstić information content (AvgIpc) is 2.69. The van der Waals surface area contributed by atoms with Crippen molar-refractivity contribution in [2.45, 2.75) is 37.4 Å². The zero-order valence-corrected chi connectivity index (χ0v) is 17.1. The van der Waals surface area contributed by atoms with Gasteiger partial charge >= 0.3 is 5.97 Å². The third-order valence-corrected chi connectivity index (χ3v) is 6.03. The first kappa shape index (κ1) is 20.3. The second-order valence-corrected chi connectivity index (χ2v) is 7.94. The van der Waals surface area contributed by atoms with Crippen molar-refractivity contribution >= 4 is 23.6 Å². The molecule has 1 amide bonds. The molecule has 0 aliphatic carbocycles. The van der Waals surface area contributed by atoms with Gasteiger partial charge in [0.1, 0.15) is 11.9 Å². The van der Waals surface area contributed by atoms with Crippen molar-refractivity contribution < 1.29 is 19.1 Å². The fraction of sp³-hybridized carbons (Fsp3) is 0.364. The van der Waals surface area contributed by atoms with Crippen molar-refractivity contribution in [3.8, 4) is 5.75 Å². The Bertz CT molecular complexity index is 809. The van der Waals surface area contributed by atoms with E-state index in [2.05, 4.69) is 12.1 Å². The molecule has 0 aromatic heterocycles. The van der Waals surface area contributed by atoms with Crippen LogP contribution in [0.25, 0.3) is 0 Å². The van der Waals surface area contributed by atoms with E-state index in [9.17, 15) is 9.59 Å². The molecule has 1 fully saturated rings. The summed E-state index contributed by atoms with van der Waals surface area (Å²) < 4.78 is 10.5. The maximum Gasteiger partial charge on any atom is 0.302 e. The molecule has 0 unspecified atom stereocenters. The number of carbonyl (C=O) groups is 2. The molecule has 0 saturated carbocycles. The van der Waals surface area contributed by atoms with Crippen molar-refractivity contribution in [3.63, 3.8) is 0 Å². The lowest BCUT2D eigenvalue weighted by Gasteiger charge is -2.49. The molecular formula is C22H25NO4S. The zero-order chi connectivity index (χ0) is 20.1. The van der Waals surface area contributed by atoms with Gasteiger partial charge in [-0.25, -0.2) is 0 Å². The maximum atomic E-state index is 12.8. The van der Waals surface area contributed by atoms with Gasteiger partial charge in [-0.3, -0.25) is 9.59 Å². The first-order valence-corrected chi connectivity index (χ1v) is 10.3. The predicted octanol–water partition coefficient (Wildman–Crippen LogP) is 3.77. The Labute approximate surface area is 170 Å². The molecule has 3 atom stereocenters. The van der Waals surface area contributed by atoms with Gasteiger partial charge in [0.2, 0.25) is 5.91 Å². The zero-order valence-electron chi connectivity index (χ0n) is 16.3. The third kappa shape index (κ3) is 4.68. The van der Waals surface area contributed by atoms with Gasteiger partial charge in [0.25, 0.3) is 0 Å². The van der Waals surface area contributed by atoms with Crippen molar-refractivity contribution in [2.24, 2.45) is 5.92 Å². The Morgan fingerprint density at radius 2 is 1.82 bits per heavy atom. The highest BCUT2D eigenvalue weighted by Gasteiger charge is 2.50. The van der Waals surface area contributed by atoms with E-state index in [1.165, 1.54) is 6.92 Å². The van der Waals surface area contributed by atoms with E-state index in [0.717, 1.165) is 22.0 Å². The molecule has 2 aromatic carbocycles. The highest BCUT2D eigenvalue weighted by Crippen LogP contribution is 2.36. The number of esters is 1. The molecule has 6 heteroatoms. The number of hydrogen-bond acceptors (Lipinski definition) is 5. The molecule has 2 aromatic rings. The van der Waals surface area contributed by atoms with Crippen LogP contribution in [0.5, 0.6) is 5.75 Å². The summed E-state index contributed by atoms with van der Waals surface area (Å²) in [7, 11) is 1.63. The number of likely N-dealkylation sites (tertiary alicyclic amines) is 1. The third-order valence-electron chi connectivity index (χ3n) is 4.92. The highest BCUT2D eigenvalue weighted by atomic mass is 32.2. The monoisotopic (exact) mass is 399 g/mol. The van der Waals surface area contributed by atoms with Gasteiger partial charge in [0, 0.05) is 24.1 Å². The van der Waals surface area contributed by atoms with Gasteiger partial charge in [-0.2, -0.15) is 0 Å². The van der Waals surface area contributed by atoms with Crippen LogP contribution in [0.4, 0.5) is 0 Å². The normalized spacial score (nSPS) is 19.7. The number of carbonyl (C=O) groups excluding carboxylic acids is 2. The summed E-state index contributed by atoms with van der Waals surface area (Å²) >= 11 is 1.71. The van der Waals surface area contributed by atoms with Gasteiger partial charge in [-0.15, -0.1) is 11.8 Å². The highest BCUT2D eigenvalue weighted by molar-refractivity contribution is 7.99. The maximum absolute atomic E-state index is 12.8. The van der Waals surface area contributed by atoms with Crippen LogP contribution in [-0.2, 0) is 20.9 Å². The Hall–Kier alpha value is -2.47. The van der Waals surface area contributed by atoms with Crippen molar-refractivity contribution in [2.75, 3.05) is 12.9 Å². The van der Waals surface area contributed by atoms with E-state index in [0.29, 0.717) is 6.54 Å². The van der Waals surface area contributed by atoms with E-state index in [-0.39, 0.29) is 23.8 Å². The summed E-state index contributed by atoms with van der Waals surface area (Å²) in [6, 6.07) is 17.8. The number of benzene rings is 2. The molecule has 1 saturated heterocycles. The molecule has 148 valence electrons. The number of nitrogens with zero attached hydrogens (tertiary/aromatic N) is 1. The lowest BCUT2D eigenvalue weighted by molar-refractivity contribution is -0.171. The smallest absolute Gasteiger partial charge is 0.302 e. The van der Waals surface area contributed by atoms with Crippen molar-refractivity contribution in [1.82, 2.24) is 4.90 Å². The van der Waals surface area contributed by atoms with Crippen LogP contribution in [-0.4, -0.2) is 41.8 Å². The summed E-state index contributed by atoms with van der Waals surface area (Å²) in [5.74, 6) is 0.906. The molecule has 28 heavy (non-hydrogen) atoms. The number of amides is 1. The van der Waals surface area contributed by atoms with E-state index < -0.39 is 6.10 Å². The van der Waals surface area contributed by atoms with E-state index >= 15 is 0 Å². The second-order valence-electron chi connectivity index (χ2n) is 6.85. The summed E-state index contributed by atoms with van der Waals surface area (Å²) in [4.78, 5) is 27.2. The quantitative estimate of drug-likeness (QED) is 0.384. The fourth-order valence-corrected chi connectivity index (χ4v) is 4.59. The number of rotatable bonds is 8. The summed E-state index contributed by atoms with van der Waals surface area (Å²) in [6.45, 7) is 3.71. The topological polar surface area (TPSA) is 55.8 Å². The summed E-state index contributed by atoms with van der Waals surface area (Å²) in [5.41, 5.74) is 1.04. The Kier molecular flexibility index (Phi) is 6.62. The molecule has 1 aliphatic heterocycles. The first-order valence-electron chi connectivity index (χ1n) is 9.28. The molecule has 0 N–H and O–H groups in total. The van der Waals surface area contributed by atoms with Crippen LogP contribution in [0.2, 0.25) is 0 Å². The molecule has 1 aliphatic rings. The van der Waals surface area contributed by atoms with Gasteiger partial charge in [-0.05, 0) is 36.8 Å². The Morgan fingerprint density at radius 3 is 2.43 bits per heavy atom. The van der Waals surface area contributed by atoms with Crippen LogP contribution in [0.15, 0.2) is 59.5 Å². The fourth-order valence-electron chi connectivity index (χ4n) is 3.49. The van der Waals surface area contributed by atoms with Gasteiger partial charge in [0.05, 0.1) is 19.1 Å². The standard InChI is InChI=1S/C22H25NO4S/c1-15(27-16(2)24)21-20(14-28-19-7-5-4-6-8-19)23(22(21)25)13-17-9-11-18(26-3)12-10-17/h4-12,15,20-21H,13-14H2,1-3H3/t15-,20+,21+/m1/s1. The van der Waals surface area contributed by atoms with Crippen LogP contribution in [0.1, 0.15) is 19.4 Å². The Morgan fingerprint density at radius 1 is 1.14 bits per heavy atom. The molecular weight excluding hydrogens is 374 g/mol. The second kappa shape index (κ2) is 9.15. The molecule has 0 spiro atoms. The van der Waals surface area contributed by atoms with Crippen LogP contribution < -0.4 is 4.74 Å². The van der Waals surface area contributed by atoms with Gasteiger partial charge in [0.15, 0.2) is 0 Å². The molecule has 5 nitrogen and oxygen atoms in total. The summed E-state index contributed by atoms with van der Waals surface area (Å²) in [5, 5.41) is 0. The van der Waals surface area contributed by atoms with Crippen molar-refractivity contribution in [3.05, 3.63) is 60.2 Å². The SMILES string of the molecule is COc1ccc(CN2C(=O)[C@@H]([C@@H](C)OC(C)=O)[C@@H]2CSc2ccccc2)cc1. The van der Waals surface area contributed by atoms with Crippen LogP contribution in [0.3, 0.4) is 0 Å². The van der Waals surface area contributed by atoms with Crippen LogP contribution >= 0.6 is 11.8 Å². The minimum absolute atomic E-state index is 0.00848. The number of ether oxygens (including phenoxy) is 2. The minimum atomic E-state index is -0.432. The molecule has 1 heterocycles. The lowest BCUT2D eigenvalue weighted by Crippen LogP contribution is -2.65. The van der Waals surface area contributed by atoms with Gasteiger partial charge in [-0.1, -0.05) is 30.3 Å². The minimum Gasteiger partial charge on any atom is -0.497 e. The lowest BCUT2D eigenvalue weighted by atomic mass is 9.83. The largest absolute Gasteiger partial charge is 0.497 e. The molecule has 0 bridgehead atoms. The number of hydrogen-bond donors (Lipinski definition) is 0. The van der Waals surface area contributed by atoms with E-state index in [1.54, 1.807) is 25.8 Å². The number of thioether (sulfide) groups is 1. The molecule has 3 rings (SSSR count). The Balaban J connectivity index is 1.72. The summed E-state index contributed by atoms with van der Waals surface area (Å²) in [6.07, 6.45) is -0.432. The van der Waals surface area contributed by atoms with Gasteiger partial charge < -0.3 is 14.4 Å². The number of methoxy groups -OCH3 is 1. The molecule has 0 radical (unpaired) electrons. The predicted molar refractivity (Wildman–Crippen MR) is 109 cm³/mol. The average molecular weight is 400 g/mol. The van der Waals surface area contributed by atoms with Crippen molar-refractivity contribution in [1.29, 1.82) is 0 Å². The number of β-lactam (4-membered cyclic amide) rings is 1. The first-order chi connectivity index (χ1) is 13.5.